The van der Waals surface area contributed by atoms with E-state index in [0.717, 1.165) is 13.6 Å². The van der Waals surface area contributed by atoms with E-state index in [9.17, 15) is 0 Å². The molecule has 2 heterocycles. The summed E-state index contributed by atoms with van der Waals surface area (Å²) in [6.45, 7) is 1.88. The molecule has 0 saturated heterocycles. The van der Waals surface area contributed by atoms with E-state index in [-0.39, 0.29) is 0 Å². The van der Waals surface area contributed by atoms with Gasteiger partial charge in [-0.25, -0.2) is 15.0 Å². The summed E-state index contributed by atoms with van der Waals surface area (Å²) in [5.74, 6) is 0.600. The average Bonchev–Trinajstić information content (AvgIpc) is 2.50. The van der Waals surface area contributed by atoms with Crippen molar-refractivity contribution in [2.45, 2.75) is 6.92 Å². The molecule has 0 bridgehead atoms. The average molecular weight is 338 g/mol. The third-order valence-corrected chi connectivity index (χ3v) is 3.41. The van der Waals surface area contributed by atoms with Crippen molar-refractivity contribution < 1.29 is 0 Å². The van der Waals surface area contributed by atoms with Crippen LogP contribution in [-0.2, 0) is 0 Å². The first-order chi connectivity index (χ1) is 6.65. The Morgan fingerprint density at radius 1 is 1.43 bits per heavy atom. The van der Waals surface area contributed by atoms with E-state index in [1.165, 1.54) is 0 Å². The van der Waals surface area contributed by atoms with E-state index in [1.807, 2.05) is 6.92 Å². The molecule has 0 spiro atoms. The lowest BCUT2D eigenvalue weighted by Gasteiger charge is -1.97. The molecule has 0 aromatic carbocycles. The normalized spacial score (nSPS) is 10.5. The lowest BCUT2D eigenvalue weighted by atomic mass is 10.4. The van der Waals surface area contributed by atoms with Gasteiger partial charge in [-0.2, -0.15) is 0 Å². The predicted octanol–water partition coefficient (Wildman–Crippen LogP) is 3.17. The van der Waals surface area contributed by atoms with Crippen LogP contribution in [-0.4, -0.2) is 15.0 Å². The fourth-order valence-electron chi connectivity index (χ4n) is 0.984. The summed E-state index contributed by atoms with van der Waals surface area (Å²) in [7, 11) is 0. The molecule has 0 saturated carbocycles. The summed E-state index contributed by atoms with van der Waals surface area (Å²) in [6.07, 6.45) is 1.79. The molecular formula is C8H5ClIN3S. The molecule has 72 valence electrons. The van der Waals surface area contributed by atoms with Crippen molar-refractivity contribution in [3.05, 3.63) is 26.0 Å². The molecule has 3 nitrogen and oxygen atoms in total. The first-order valence-electron chi connectivity index (χ1n) is 3.78. The zero-order valence-electron chi connectivity index (χ0n) is 7.16. The summed E-state index contributed by atoms with van der Waals surface area (Å²) in [5, 5.41) is 1.26. The Morgan fingerprint density at radius 2 is 2.21 bits per heavy atom. The van der Waals surface area contributed by atoms with E-state index in [0.29, 0.717) is 11.0 Å². The van der Waals surface area contributed by atoms with Gasteiger partial charge in [-0.05, 0) is 35.6 Å². The highest BCUT2D eigenvalue weighted by molar-refractivity contribution is 14.1. The van der Waals surface area contributed by atoms with E-state index >= 15 is 0 Å². The zero-order chi connectivity index (χ0) is 10.1. The summed E-state index contributed by atoms with van der Waals surface area (Å²) in [5.41, 5.74) is 0.852. The molecule has 0 fully saturated rings. The van der Waals surface area contributed by atoms with Crippen LogP contribution < -0.4 is 0 Å². The largest absolute Gasteiger partial charge is 0.240 e. The molecule has 0 aliphatic rings. The number of thiazole rings is 1. The Hall–Kier alpha value is -0.270. The second-order valence-electron chi connectivity index (χ2n) is 2.63. The molecule has 0 atom stereocenters. The van der Waals surface area contributed by atoms with Gasteiger partial charge in [0.2, 0.25) is 0 Å². The van der Waals surface area contributed by atoms with Crippen LogP contribution in [0.1, 0.15) is 5.69 Å². The predicted molar refractivity (Wildman–Crippen MR) is 65.6 cm³/mol. The monoisotopic (exact) mass is 337 g/mol. The second-order valence-corrected chi connectivity index (χ2v) is 5.94. The maximum absolute atomic E-state index is 5.83. The molecule has 0 radical (unpaired) electrons. The SMILES string of the molecule is Cc1cc(Cl)nc(-c2ncc(I)s2)n1. The minimum atomic E-state index is 0.456. The van der Waals surface area contributed by atoms with Gasteiger partial charge >= 0.3 is 0 Å². The molecule has 0 aliphatic heterocycles. The molecule has 0 amide bonds. The second kappa shape index (κ2) is 4.08. The molecule has 0 unspecified atom stereocenters. The van der Waals surface area contributed by atoms with Crippen LogP contribution in [0.3, 0.4) is 0 Å². The molecule has 2 aromatic rings. The zero-order valence-corrected chi connectivity index (χ0v) is 10.9. The van der Waals surface area contributed by atoms with Gasteiger partial charge in [-0.3, -0.25) is 0 Å². The van der Waals surface area contributed by atoms with Gasteiger partial charge in [0.05, 0.1) is 9.08 Å². The highest BCUT2D eigenvalue weighted by Crippen LogP contribution is 2.24. The molecule has 0 N–H and O–H groups in total. The number of halogens is 2. The van der Waals surface area contributed by atoms with Gasteiger partial charge < -0.3 is 0 Å². The fraction of sp³-hybridized carbons (Fsp3) is 0.125. The topological polar surface area (TPSA) is 38.7 Å². The van der Waals surface area contributed by atoms with Gasteiger partial charge in [-0.1, -0.05) is 11.6 Å². The van der Waals surface area contributed by atoms with Gasteiger partial charge in [0.1, 0.15) is 5.15 Å². The van der Waals surface area contributed by atoms with Gasteiger partial charge in [0, 0.05) is 5.69 Å². The van der Waals surface area contributed by atoms with Crippen molar-refractivity contribution in [1.29, 1.82) is 0 Å². The van der Waals surface area contributed by atoms with Crippen LogP contribution in [0.15, 0.2) is 12.3 Å². The minimum Gasteiger partial charge on any atom is -0.240 e. The first kappa shape index (κ1) is 10.3. The van der Waals surface area contributed by atoms with Crippen molar-refractivity contribution in [2.75, 3.05) is 0 Å². The lowest BCUT2D eigenvalue weighted by molar-refractivity contribution is 1.10. The fourth-order valence-corrected chi connectivity index (χ4v) is 2.56. The summed E-state index contributed by atoms with van der Waals surface area (Å²) < 4.78 is 1.11. The molecular weight excluding hydrogens is 333 g/mol. The highest BCUT2D eigenvalue weighted by Gasteiger charge is 2.07. The number of aryl methyl sites for hydroxylation is 1. The van der Waals surface area contributed by atoms with E-state index in [2.05, 4.69) is 37.5 Å². The van der Waals surface area contributed by atoms with E-state index in [4.69, 9.17) is 11.6 Å². The Balaban J connectivity index is 2.51. The highest BCUT2D eigenvalue weighted by atomic mass is 127. The Kier molecular flexibility index (Phi) is 2.99. The van der Waals surface area contributed by atoms with Crippen LogP contribution in [0.2, 0.25) is 5.15 Å². The maximum Gasteiger partial charge on any atom is 0.190 e. The Bertz CT molecular complexity index is 451. The molecule has 0 aliphatic carbocycles. The van der Waals surface area contributed by atoms with E-state index in [1.54, 1.807) is 23.6 Å². The molecule has 2 rings (SSSR count). The number of rotatable bonds is 1. The van der Waals surface area contributed by atoms with Gasteiger partial charge in [0.25, 0.3) is 0 Å². The van der Waals surface area contributed by atoms with Crippen molar-refractivity contribution in [1.82, 2.24) is 15.0 Å². The van der Waals surface area contributed by atoms with Gasteiger partial charge in [0.15, 0.2) is 10.8 Å². The smallest absolute Gasteiger partial charge is 0.190 e. The van der Waals surface area contributed by atoms with Crippen LogP contribution in [0.5, 0.6) is 0 Å². The molecule has 6 heteroatoms. The van der Waals surface area contributed by atoms with Crippen LogP contribution >= 0.6 is 45.5 Å². The van der Waals surface area contributed by atoms with Crippen LogP contribution in [0, 0.1) is 9.81 Å². The maximum atomic E-state index is 5.83. The van der Waals surface area contributed by atoms with Crippen molar-refractivity contribution >= 4 is 45.5 Å². The van der Waals surface area contributed by atoms with Crippen molar-refractivity contribution in [2.24, 2.45) is 0 Å². The number of hydrogen-bond donors (Lipinski definition) is 0. The van der Waals surface area contributed by atoms with Crippen molar-refractivity contribution in [3.63, 3.8) is 0 Å². The van der Waals surface area contributed by atoms with Crippen molar-refractivity contribution in [3.8, 4) is 10.8 Å². The van der Waals surface area contributed by atoms with Crippen LogP contribution in [0.4, 0.5) is 0 Å². The van der Waals surface area contributed by atoms with E-state index < -0.39 is 0 Å². The summed E-state index contributed by atoms with van der Waals surface area (Å²) >= 11 is 9.59. The number of hydrogen-bond acceptors (Lipinski definition) is 4. The number of nitrogens with zero attached hydrogens (tertiary/aromatic N) is 3. The summed E-state index contributed by atoms with van der Waals surface area (Å²) in [6, 6.07) is 1.73. The molecule has 14 heavy (non-hydrogen) atoms. The third-order valence-electron chi connectivity index (χ3n) is 1.49. The third kappa shape index (κ3) is 2.21. The lowest BCUT2D eigenvalue weighted by Crippen LogP contribution is -1.91. The Morgan fingerprint density at radius 3 is 2.79 bits per heavy atom. The Labute approximate surface area is 104 Å². The standard InChI is InChI=1S/C8H5ClIN3S/c1-4-2-5(9)13-7(12-4)8-11-3-6(10)14-8/h2-3H,1H3. The molecule has 2 aromatic heterocycles. The summed E-state index contributed by atoms with van der Waals surface area (Å²) in [4.78, 5) is 12.6. The first-order valence-corrected chi connectivity index (χ1v) is 6.05. The van der Waals surface area contributed by atoms with Gasteiger partial charge in [-0.15, -0.1) is 11.3 Å². The quantitative estimate of drug-likeness (QED) is 0.593. The number of aromatic nitrogens is 3. The minimum absolute atomic E-state index is 0.456. The van der Waals surface area contributed by atoms with Crippen LogP contribution in [0.25, 0.3) is 10.8 Å².